The molecule has 4 aromatic rings. The maximum Gasteiger partial charge on any atom is 0.337 e. The zero-order chi connectivity index (χ0) is 31.1. The number of carboxylic acids is 1. The number of carbonyl (C=O) groups excluding carboxylic acids is 1. The van der Waals surface area contributed by atoms with Crippen LogP contribution in [0.15, 0.2) is 96.0 Å². The van der Waals surface area contributed by atoms with Crippen molar-refractivity contribution < 1.29 is 32.6 Å². The molecule has 0 radical (unpaired) electrons. The minimum absolute atomic E-state index is 0.0158. The molecular formula is C32H30ClN3O7S. The third kappa shape index (κ3) is 8.13. The van der Waals surface area contributed by atoms with Crippen LogP contribution < -0.4 is 19.5 Å². The van der Waals surface area contributed by atoms with Crippen molar-refractivity contribution in [3.63, 3.8) is 0 Å². The summed E-state index contributed by atoms with van der Waals surface area (Å²) in [5, 5.41) is 12.1. The van der Waals surface area contributed by atoms with E-state index in [4.69, 9.17) is 21.1 Å². The third-order valence-corrected chi connectivity index (χ3v) is 9.09. The van der Waals surface area contributed by atoms with Gasteiger partial charge in [-0.1, -0.05) is 41.9 Å². The molecule has 0 spiro atoms. The van der Waals surface area contributed by atoms with Crippen LogP contribution in [-0.4, -0.2) is 42.5 Å². The van der Waals surface area contributed by atoms with Crippen LogP contribution in [-0.2, 0) is 21.2 Å². The second kappa shape index (κ2) is 13.9. The van der Waals surface area contributed by atoms with Gasteiger partial charge in [0.05, 0.1) is 28.8 Å². The monoisotopic (exact) mass is 635 g/mol. The minimum atomic E-state index is -3.70. The number of carbonyl (C=O) groups is 2. The minimum Gasteiger partial charge on any atom is -0.490 e. The van der Waals surface area contributed by atoms with Crippen molar-refractivity contribution in [2.24, 2.45) is 0 Å². The Morgan fingerprint density at radius 2 is 1.57 bits per heavy atom. The number of aromatic carboxylic acids is 1. The number of aromatic nitrogens is 1. The normalized spacial score (nSPS) is 16.6. The molecule has 5 rings (SSSR count). The molecule has 3 aromatic carbocycles. The van der Waals surface area contributed by atoms with Crippen molar-refractivity contribution >= 4 is 39.2 Å². The van der Waals surface area contributed by atoms with Crippen molar-refractivity contribution in [3.05, 3.63) is 107 Å². The fourth-order valence-electron chi connectivity index (χ4n) is 4.88. The van der Waals surface area contributed by atoms with Crippen molar-refractivity contribution in [2.45, 2.75) is 49.1 Å². The summed E-state index contributed by atoms with van der Waals surface area (Å²) in [7, 11) is -3.70. The average Bonchev–Trinajstić information content (AvgIpc) is 3.00. The Balaban J connectivity index is 1.07. The highest BCUT2D eigenvalue weighted by Gasteiger charge is 2.27. The summed E-state index contributed by atoms with van der Waals surface area (Å²) in [5.41, 5.74) is 0.884. The molecule has 12 heteroatoms. The Hall–Kier alpha value is -4.45. The molecule has 228 valence electrons. The van der Waals surface area contributed by atoms with Crippen LogP contribution in [0.2, 0.25) is 5.02 Å². The Bertz CT molecular complexity index is 1720. The summed E-state index contributed by atoms with van der Waals surface area (Å²) in [4.78, 5) is 28.1. The van der Waals surface area contributed by atoms with Gasteiger partial charge in [0, 0.05) is 18.3 Å². The molecule has 10 nitrogen and oxygen atoms in total. The maximum absolute atomic E-state index is 12.7. The third-order valence-electron chi connectivity index (χ3n) is 7.06. The van der Waals surface area contributed by atoms with Crippen LogP contribution >= 0.6 is 11.6 Å². The summed E-state index contributed by atoms with van der Waals surface area (Å²) in [6, 6.07) is 22.9. The van der Waals surface area contributed by atoms with E-state index in [1.54, 1.807) is 66.7 Å². The van der Waals surface area contributed by atoms with Gasteiger partial charge in [0.15, 0.2) is 0 Å². The highest BCUT2D eigenvalue weighted by atomic mass is 35.5. The average molecular weight is 636 g/mol. The van der Waals surface area contributed by atoms with Gasteiger partial charge in [-0.25, -0.2) is 22.9 Å². The number of nitrogens with one attached hydrogen (secondary N) is 2. The predicted molar refractivity (Wildman–Crippen MR) is 165 cm³/mol. The second-order valence-electron chi connectivity index (χ2n) is 10.3. The van der Waals surface area contributed by atoms with Gasteiger partial charge >= 0.3 is 5.97 Å². The number of sulfonamides is 1. The lowest BCUT2D eigenvalue weighted by Crippen LogP contribution is -2.39. The van der Waals surface area contributed by atoms with E-state index >= 15 is 0 Å². The maximum atomic E-state index is 12.7. The fraction of sp³-hybridized carbons (Fsp3) is 0.219. The topological polar surface area (TPSA) is 144 Å². The number of carboxylic acid groups (broad SMARTS) is 1. The molecule has 1 fully saturated rings. The van der Waals surface area contributed by atoms with Crippen molar-refractivity contribution in [2.75, 3.05) is 5.32 Å². The number of pyridine rings is 1. The van der Waals surface area contributed by atoms with Gasteiger partial charge in [-0.3, -0.25) is 4.79 Å². The molecular weight excluding hydrogens is 606 g/mol. The molecule has 44 heavy (non-hydrogen) atoms. The Morgan fingerprint density at radius 3 is 2.25 bits per heavy atom. The van der Waals surface area contributed by atoms with Gasteiger partial charge in [0.1, 0.15) is 16.4 Å². The van der Waals surface area contributed by atoms with E-state index in [0.717, 1.165) is 0 Å². The summed E-state index contributed by atoms with van der Waals surface area (Å²) in [6.07, 6.45) is 4.21. The van der Waals surface area contributed by atoms with Crippen molar-refractivity contribution in [1.82, 2.24) is 9.71 Å². The summed E-state index contributed by atoms with van der Waals surface area (Å²) < 4.78 is 40.2. The summed E-state index contributed by atoms with van der Waals surface area (Å²) >= 11 is 6.07. The van der Waals surface area contributed by atoms with E-state index in [1.807, 2.05) is 0 Å². The number of para-hydroxylation sites is 1. The van der Waals surface area contributed by atoms with Gasteiger partial charge in [0.25, 0.3) is 0 Å². The first kappa shape index (κ1) is 31.0. The van der Waals surface area contributed by atoms with E-state index in [0.29, 0.717) is 48.6 Å². The number of rotatable bonds is 11. The molecule has 0 bridgehead atoms. The molecule has 3 N–H and O–H groups in total. The zero-order valence-corrected chi connectivity index (χ0v) is 25.1. The molecule has 0 saturated heterocycles. The SMILES string of the molecule is O=C(Cc1ccc(Oc2ccc(OC3CCC(NS(=O)(=O)c4ccccc4Cl)CC3)cc2)nc1)Nc1ccccc1C(=O)O. The van der Waals surface area contributed by atoms with Gasteiger partial charge in [-0.2, -0.15) is 0 Å². The van der Waals surface area contributed by atoms with Gasteiger partial charge in [-0.05, 0) is 79.8 Å². The lowest BCUT2D eigenvalue weighted by molar-refractivity contribution is -0.115. The standard InChI is InChI=1S/C32H30ClN3O7S/c33-27-6-2-4-8-29(27)44(40,41)36-22-10-12-23(13-11-22)42-24-14-16-25(17-15-24)43-31-18-9-21(20-34-31)19-30(37)35-28-7-3-1-5-26(28)32(38)39/h1-9,14-18,20,22-23,36H,10-13,19H2,(H,35,37)(H,38,39). The number of hydrogen-bond donors (Lipinski definition) is 3. The number of nitrogens with zero attached hydrogens (tertiary/aromatic N) is 1. The van der Waals surface area contributed by atoms with Crippen molar-refractivity contribution in [3.8, 4) is 17.4 Å². The molecule has 1 amide bonds. The summed E-state index contributed by atoms with van der Waals surface area (Å²) in [6.45, 7) is 0. The summed E-state index contributed by atoms with van der Waals surface area (Å²) in [5.74, 6) is 0.0900. The fourth-order valence-corrected chi connectivity index (χ4v) is 6.70. The van der Waals surface area contributed by atoms with Crippen LogP contribution in [0.3, 0.4) is 0 Å². The van der Waals surface area contributed by atoms with Crippen LogP contribution in [0.25, 0.3) is 0 Å². The first-order valence-corrected chi connectivity index (χ1v) is 15.8. The quantitative estimate of drug-likeness (QED) is 0.180. The molecule has 1 heterocycles. The van der Waals surface area contributed by atoms with Gasteiger partial charge < -0.3 is 19.9 Å². The van der Waals surface area contributed by atoms with Crippen LogP contribution in [0.5, 0.6) is 17.4 Å². The number of halogens is 1. The van der Waals surface area contributed by atoms with E-state index in [9.17, 15) is 23.1 Å². The molecule has 1 saturated carbocycles. The predicted octanol–water partition coefficient (Wildman–Crippen LogP) is 6.08. The smallest absolute Gasteiger partial charge is 0.337 e. The first-order valence-electron chi connectivity index (χ1n) is 13.9. The van der Waals surface area contributed by atoms with Crippen molar-refractivity contribution in [1.29, 1.82) is 0 Å². The Morgan fingerprint density at radius 1 is 0.886 bits per heavy atom. The zero-order valence-electron chi connectivity index (χ0n) is 23.5. The number of amides is 1. The lowest BCUT2D eigenvalue weighted by atomic mass is 9.94. The molecule has 1 aromatic heterocycles. The van der Waals surface area contributed by atoms with E-state index in [2.05, 4.69) is 15.0 Å². The lowest BCUT2D eigenvalue weighted by Gasteiger charge is -2.29. The molecule has 1 aliphatic rings. The van der Waals surface area contributed by atoms with Gasteiger partial charge in [-0.15, -0.1) is 0 Å². The van der Waals surface area contributed by atoms with Gasteiger partial charge in [0.2, 0.25) is 21.8 Å². The van der Waals surface area contributed by atoms with E-state index in [1.165, 1.54) is 24.4 Å². The Kier molecular flexibility index (Phi) is 9.78. The largest absolute Gasteiger partial charge is 0.490 e. The number of hydrogen-bond acceptors (Lipinski definition) is 7. The number of ether oxygens (including phenoxy) is 2. The Labute approximate surface area is 260 Å². The van der Waals surface area contributed by atoms with Crippen LogP contribution in [0, 0.1) is 0 Å². The van der Waals surface area contributed by atoms with Crippen LogP contribution in [0.1, 0.15) is 41.6 Å². The van der Waals surface area contributed by atoms with E-state index < -0.39 is 16.0 Å². The van der Waals surface area contributed by atoms with E-state index in [-0.39, 0.29) is 45.6 Å². The molecule has 0 unspecified atom stereocenters. The first-order chi connectivity index (χ1) is 21.2. The molecule has 0 aliphatic heterocycles. The molecule has 1 aliphatic carbocycles. The van der Waals surface area contributed by atoms with Crippen LogP contribution in [0.4, 0.5) is 5.69 Å². The molecule has 0 atom stereocenters. The number of anilines is 1. The second-order valence-corrected chi connectivity index (χ2v) is 12.4. The highest BCUT2D eigenvalue weighted by Crippen LogP contribution is 2.28. The number of benzene rings is 3. The highest BCUT2D eigenvalue weighted by molar-refractivity contribution is 7.89.